The van der Waals surface area contributed by atoms with E-state index in [-0.39, 0.29) is 6.17 Å². The lowest BCUT2D eigenvalue weighted by Gasteiger charge is -2.03. The van der Waals surface area contributed by atoms with Crippen LogP contribution in [-0.2, 0) is 0 Å². The van der Waals surface area contributed by atoms with E-state index in [4.69, 9.17) is 30.1 Å². The predicted octanol–water partition coefficient (Wildman–Crippen LogP) is -4.71. The summed E-state index contributed by atoms with van der Waals surface area (Å²) in [5, 5.41) is 0. The largest absolute Gasteiger partial charge is 0.313 e. The molecule has 0 heterocycles. The first-order valence-corrected chi connectivity index (χ1v) is 3.30. The van der Waals surface area contributed by atoms with E-state index in [1.54, 1.807) is 0 Å². The van der Waals surface area contributed by atoms with Crippen LogP contribution in [0.3, 0.4) is 0 Å². The molecule has 0 aromatic rings. The molecule has 0 aromatic heterocycles. The van der Waals surface area contributed by atoms with E-state index in [0.29, 0.717) is 0 Å². The van der Waals surface area contributed by atoms with Crippen LogP contribution in [0.1, 0.15) is 0 Å². The zero-order valence-corrected chi connectivity index (χ0v) is 5.82. The summed E-state index contributed by atoms with van der Waals surface area (Å²) >= 11 is 0. The number of halogens is 1. The molecule has 0 aliphatic carbocycles. The van der Waals surface area contributed by atoms with Gasteiger partial charge in [0.05, 0.1) is 21.1 Å². The highest BCUT2D eigenvalue weighted by molar-refractivity contribution is 4.75. The maximum Gasteiger partial charge on any atom is 0.0777 e. The van der Waals surface area contributed by atoms with Gasteiger partial charge in [0.1, 0.15) is 0 Å². The lowest BCUT2D eigenvalue weighted by Crippen LogP contribution is -2.58. The average molecular weight is 173 g/mol. The first-order chi connectivity index (χ1) is 4.27. The summed E-state index contributed by atoms with van der Waals surface area (Å²) in [7, 11) is -4.69. The number of nitrogens with two attached hydrogens (primary N) is 2. The Morgan fingerprint density at radius 3 is 1.50 bits per heavy atom. The molecule has 0 saturated heterocycles. The van der Waals surface area contributed by atoms with E-state index < -0.39 is 10.2 Å². The van der Waals surface area contributed by atoms with Gasteiger partial charge < -0.3 is 11.5 Å². The minimum atomic E-state index is -4.69. The molecule has 0 aliphatic rings. The van der Waals surface area contributed by atoms with Crippen LogP contribution in [0.4, 0.5) is 0 Å². The van der Waals surface area contributed by atoms with E-state index in [0.717, 1.165) is 0 Å². The Bertz CT molecular complexity index is 85.0. The second-order valence-corrected chi connectivity index (χ2v) is 2.00. The fraction of sp³-hybridized carbons (Fsp3) is 0.333. The molecule has 0 spiro atoms. The molecule has 0 atom stereocenters. The highest BCUT2D eigenvalue weighted by atomic mass is 35.7. The summed E-state index contributed by atoms with van der Waals surface area (Å²) in [6, 6.07) is 0. The van der Waals surface area contributed by atoms with Crippen LogP contribution < -0.4 is 25.4 Å². The van der Waals surface area contributed by atoms with Crippen molar-refractivity contribution in [2.45, 2.75) is 6.17 Å². The van der Waals surface area contributed by atoms with E-state index in [1.165, 1.54) is 6.08 Å². The fourth-order valence-electron chi connectivity index (χ4n) is 0. The van der Waals surface area contributed by atoms with Gasteiger partial charge in [0.15, 0.2) is 0 Å². The van der Waals surface area contributed by atoms with Gasteiger partial charge in [0.25, 0.3) is 0 Å². The zero-order valence-electron chi connectivity index (χ0n) is 5.07. The Hall–Kier alpha value is -0.210. The van der Waals surface area contributed by atoms with Gasteiger partial charge in [-0.15, -0.1) is 6.58 Å². The molecule has 0 radical (unpaired) electrons. The molecular formula is C3H9ClN2O4. The third-order valence-corrected chi connectivity index (χ3v) is 0.272. The molecule has 10 heavy (non-hydrogen) atoms. The fourth-order valence-corrected chi connectivity index (χ4v) is 0. The van der Waals surface area contributed by atoms with Crippen molar-refractivity contribution in [1.82, 2.24) is 0 Å². The standard InChI is InChI=1S/C3H8N2.ClHO4/c1-2-3(4)5;2-1(3,4)5/h2-3H,1,4-5H2;(H,2,3,4,5). The summed E-state index contributed by atoms with van der Waals surface area (Å²) in [6.45, 7) is 3.31. The summed E-state index contributed by atoms with van der Waals surface area (Å²) < 4.78 is 32.7. The van der Waals surface area contributed by atoms with E-state index in [1.807, 2.05) is 0 Å². The summed E-state index contributed by atoms with van der Waals surface area (Å²) in [6.07, 6.45) is 1.12. The van der Waals surface area contributed by atoms with E-state index in [2.05, 4.69) is 6.58 Å². The minimum absolute atomic E-state index is 0.352. The molecule has 0 bridgehead atoms. The molecule has 0 fully saturated rings. The van der Waals surface area contributed by atoms with Crippen molar-refractivity contribution in [2.24, 2.45) is 11.5 Å². The Labute approximate surface area is 60.1 Å². The maximum absolute atomic E-state index is 8.60. The van der Waals surface area contributed by atoms with Crippen molar-refractivity contribution in [3.8, 4) is 0 Å². The normalized spacial score (nSPS) is 10.3. The molecule has 0 aliphatic heterocycles. The second-order valence-electron chi connectivity index (χ2n) is 1.21. The highest BCUT2D eigenvalue weighted by Gasteiger charge is 1.98. The lowest BCUT2D eigenvalue weighted by atomic mass is 10.5. The van der Waals surface area contributed by atoms with Gasteiger partial charge in [-0.25, -0.2) is 0 Å². The molecule has 6 nitrogen and oxygen atoms in total. The molecule has 7 heteroatoms. The van der Waals surface area contributed by atoms with Crippen molar-refractivity contribution in [3.63, 3.8) is 0 Å². The first-order valence-electron chi connectivity index (χ1n) is 2.04. The second kappa shape index (κ2) is 5.57. The van der Waals surface area contributed by atoms with Crippen molar-refractivity contribution in [3.05, 3.63) is 12.7 Å². The van der Waals surface area contributed by atoms with Crippen molar-refractivity contribution in [1.29, 1.82) is 0 Å². The van der Waals surface area contributed by atoms with Gasteiger partial charge >= 0.3 is 0 Å². The third-order valence-electron chi connectivity index (χ3n) is 0.272. The van der Waals surface area contributed by atoms with Crippen LogP contribution in [0.5, 0.6) is 0 Å². The molecular weight excluding hydrogens is 163 g/mol. The van der Waals surface area contributed by atoms with Crippen LogP contribution in [0.2, 0.25) is 0 Å². The van der Waals surface area contributed by atoms with Crippen LogP contribution >= 0.6 is 0 Å². The van der Waals surface area contributed by atoms with Crippen LogP contribution in [0.15, 0.2) is 12.7 Å². The van der Waals surface area contributed by atoms with Crippen molar-refractivity contribution >= 4 is 0 Å². The smallest absolute Gasteiger partial charge is 0.0777 e. The Kier molecular flexibility index (Phi) is 6.94. The average Bonchev–Trinajstić information content (AvgIpc) is 1.61. The summed E-state index contributed by atoms with van der Waals surface area (Å²) in [5.41, 5.74) is 9.90. The predicted molar refractivity (Wildman–Crippen MR) is 24.6 cm³/mol. The summed E-state index contributed by atoms with van der Waals surface area (Å²) in [4.78, 5) is 0. The number of hydrogen-bond donors (Lipinski definition) is 3. The first kappa shape index (κ1) is 12.5. The molecule has 0 rings (SSSR count). The third kappa shape index (κ3) is 112. The Morgan fingerprint density at radius 1 is 1.40 bits per heavy atom. The number of hydrogen-bond acceptors (Lipinski definition) is 6. The molecule has 5 N–H and O–H groups in total. The highest BCUT2D eigenvalue weighted by Crippen LogP contribution is 1.60. The summed E-state index contributed by atoms with van der Waals surface area (Å²) in [5.74, 6) is 0. The lowest BCUT2D eigenvalue weighted by molar-refractivity contribution is -1.92. The van der Waals surface area contributed by atoms with Crippen LogP contribution in [0.25, 0.3) is 0 Å². The monoisotopic (exact) mass is 172 g/mol. The Morgan fingerprint density at radius 2 is 1.50 bits per heavy atom. The van der Waals surface area contributed by atoms with Gasteiger partial charge in [-0.2, -0.15) is 14.0 Å². The SMILES string of the molecule is C=CC(N)N.[O-][Cl+3]([O-])([O-])O. The zero-order chi connectivity index (χ0) is 8.78. The molecule has 0 aromatic carbocycles. The van der Waals surface area contributed by atoms with Crippen LogP contribution in [-0.4, -0.2) is 10.8 Å². The van der Waals surface area contributed by atoms with E-state index >= 15 is 0 Å². The number of rotatable bonds is 1. The minimum Gasteiger partial charge on any atom is -0.313 e. The van der Waals surface area contributed by atoms with Crippen LogP contribution in [0, 0.1) is 10.2 Å². The van der Waals surface area contributed by atoms with E-state index in [9.17, 15) is 0 Å². The molecule has 0 saturated carbocycles. The van der Waals surface area contributed by atoms with Gasteiger partial charge in [0.2, 0.25) is 0 Å². The van der Waals surface area contributed by atoms with Crippen molar-refractivity contribution in [2.75, 3.05) is 0 Å². The molecule has 62 valence electrons. The topological polar surface area (TPSA) is 141 Å². The van der Waals surface area contributed by atoms with Gasteiger partial charge in [-0.05, 0) is 0 Å². The molecule has 0 unspecified atom stereocenters. The van der Waals surface area contributed by atoms with Gasteiger partial charge in [-0.3, -0.25) is 0 Å². The van der Waals surface area contributed by atoms with Gasteiger partial charge in [-0.1, -0.05) is 6.08 Å². The maximum atomic E-state index is 8.60. The molecule has 0 amide bonds. The van der Waals surface area contributed by atoms with Crippen molar-refractivity contribution < 1.29 is 28.9 Å². The van der Waals surface area contributed by atoms with Gasteiger partial charge in [0, 0.05) is 0 Å². The quantitative estimate of drug-likeness (QED) is 0.268. The Balaban J connectivity index is 0.